The molecule has 1 amide bonds. The summed E-state index contributed by atoms with van der Waals surface area (Å²) in [4.78, 5) is 13.2. The van der Waals surface area contributed by atoms with Gasteiger partial charge in [-0.05, 0) is 25.5 Å². The molecule has 1 radical (unpaired) electrons. The maximum Gasteiger partial charge on any atom is 0.414 e. The van der Waals surface area contributed by atoms with Gasteiger partial charge < -0.3 is 4.74 Å². The molecule has 0 N–H and O–H groups in total. The van der Waals surface area contributed by atoms with Crippen LogP contribution in [0.25, 0.3) is 0 Å². The molecule has 81 valence electrons. The second-order valence-electron chi connectivity index (χ2n) is 3.04. The normalized spacial score (nSPS) is 9.73. The summed E-state index contributed by atoms with van der Waals surface area (Å²) in [6.45, 7) is 6.50. The van der Waals surface area contributed by atoms with Gasteiger partial charge in [0.25, 0.3) is 0 Å². The summed E-state index contributed by atoms with van der Waals surface area (Å²) in [5, 5.41) is 0. The van der Waals surface area contributed by atoms with Crippen molar-refractivity contribution < 1.29 is 9.53 Å². The number of carbonyl (C=O) groups excluding carboxylic acids is 1. The SMILES string of the molecule is [CH2]CCN(C(=O)OCC)c1ccccc1. The van der Waals surface area contributed by atoms with E-state index in [2.05, 4.69) is 6.92 Å². The van der Waals surface area contributed by atoms with E-state index >= 15 is 0 Å². The van der Waals surface area contributed by atoms with Gasteiger partial charge in [-0.2, -0.15) is 0 Å². The van der Waals surface area contributed by atoms with Crippen molar-refractivity contribution in [1.82, 2.24) is 0 Å². The molecule has 1 aromatic rings. The molecular formula is C12H16NO2. The Hall–Kier alpha value is -1.51. The van der Waals surface area contributed by atoms with Crippen LogP contribution in [0.15, 0.2) is 30.3 Å². The summed E-state index contributed by atoms with van der Waals surface area (Å²) in [7, 11) is 0. The maximum absolute atomic E-state index is 11.6. The number of anilines is 1. The Morgan fingerprint density at radius 1 is 1.40 bits per heavy atom. The van der Waals surface area contributed by atoms with Crippen LogP contribution in [-0.4, -0.2) is 19.2 Å². The summed E-state index contributed by atoms with van der Waals surface area (Å²) < 4.78 is 4.97. The standard InChI is InChI=1S/C12H16NO2/c1-3-10-13(12(14)15-4-2)11-8-6-5-7-9-11/h5-9H,1,3-4,10H2,2H3. The van der Waals surface area contributed by atoms with Crippen molar-refractivity contribution in [2.45, 2.75) is 13.3 Å². The molecule has 0 bridgehead atoms. The number of amides is 1. The number of para-hydroxylation sites is 1. The first-order valence-electron chi connectivity index (χ1n) is 5.08. The fourth-order valence-corrected chi connectivity index (χ4v) is 1.29. The Morgan fingerprint density at radius 3 is 2.60 bits per heavy atom. The van der Waals surface area contributed by atoms with Gasteiger partial charge in [0.05, 0.1) is 6.61 Å². The lowest BCUT2D eigenvalue weighted by molar-refractivity contribution is 0.160. The highest BCUT2D eigenvalue weighted by Crippen LogP contribution is 2.14. The van der Waals surface area contributed by atoms with Gasteiger partial charge in [-0.25, -0.2) is 4.79 Å². The smallest absolute Gasteiger partial charge is 0.414 e. The minimum atomic E-state index is -0.313. The summed E-state index contributed by atoms with van der Waals surface area (Å²) in [6, 6.07) is 9.46. The summed E-state index contributed by atoms with van der Waals surface area (Å²) >= 11 is 0. The van der Waals surface area contributed by atoms with E-state index in [4.69, 9.17) is 4.74 Å². The largest absolute Gasteiger partial charge is 0.449 e. The van der Waals surface area contributed by atoms with E-state index in [0.717, 1.165) is 5.69 Å². The van der Waals surface area contributed by atoms with Crippen molar-refractivity contribution in [2.24, 2.45) is 0 Å². The molecule has 0 aliphatic carbocycles. The number of carbonyl (C=O) groups is 1. The first-order valence-corrected chi connectivity index (χ1v) is 5.08. The van der Waals surface area contributed by atoms with E-state index in [1.165, 1.54) is 0 Å². The summed E-state index contributed by atoms with van der Waals surface area (Å²) in [5.41, 5.74) is 0.847. The Kier molecular flexibility index (Phi) is 4.68. The predicted molar refractivity (Wildman–Crippen MR) is 60.8 cm³/mol. The molecule has 15 heavy (non-hydrogen) atoms. The van der Waals surface area contributed by atoms with Gasteiger partial charge in [-0.3, -0.25) is 4.90 Å². The highest BCUT2D eigenvalue weighted by Gasteiger charge is 2.14. The first kappa shape index (κ1) is 11.6. The minimum Gasteiger partial charge on any atom is -0.449 e. The Labute approximate surface area is 90.7 Å². The monoisotopic (exact) mass is 206 g/mol. The second kappa shape index (κ2) is 6.06. The van der Waals surface area contributed by atoms with E-state index in [0.29, 0.717) is 19.6 Å². The van der Waals surface area contributed by atoms with Crippen molar-refractivity contribution in [3.8, 4) is 0 Å². The lowest BCUT2D eigenvalue weighted by atomic mass is 10.3. The zero-order valence-electron chi connectivity index (χ0n) is 8.98. The fraction of sp³-hybridized carbons (Fsp3) is 0.333. The number of hydrogen-bond acceptors (Lipinski definition) is 2. The summed E-state index contributed by atoms with van der Waals surface area (Å²) in [5.74, 6) is 0. The van der Waals surface area contributed by atoms with E-state index < -0.39 is 0 Å². The lowest BCUT2D eigenvalue weighted by Crippen LogP contribution is -2.32. The van der Waals surface area contributed by atoms with Crippen LogP contribution in [0.3, 0.4) is 0 Å². The molecule has 0 saturated heterocycles. The molecule has 0 aromatic heterocycles. The van der Waals surface area contributed by atoms with Gasteiger partial charge in [0.15, 0.2) is 0 Å². The molecule has 3 heteroatoms. The predicted octanol–water partition coefficient (Wildman–Crippen LogP) is 2.87. The van der Waals surface area contributed by atoms with E-state index in [-0.39, 0.29) is 6.09 Å². The molecule has 1 rings (SSSR count). The Morgan fingerprint density at radius 2 is 2.07 bits per heavy atom. The van der Waals surface area contributed by atoms with Crippen LogP contribution in [0.2, 0.25) is 0 Å². The Bertz CT molecular complexity index is 298. The third-order valence-corrected chi connectivity index (χ3v) is 1.94. The number of hydrogen-bond donors (Lipinski definition) is 0. The van der Waals surface area contributed by atoms with Crippen molar-refractivity contribution in [2.75, 3.05) is 18.1 Å². The molecule has 0 aliphatic heterocycles. The molecule has 0 saturated carbocycles. The molecule has 0 atom stereocenters. The molecule has 1 aromatic carbocycles. The third-order valence-electron chi connectivity index (χ3n) is 1.94. The molecule has 0 fully saturated rings. The molecule has 0 heterocycles. The number of nitrogens with zero attached hydrogens (tertiary/aromatic N) is 1. The van der Waals surface area contributed by atoms with Crippen LogP contribution in [0.5, 0.6) is 0 Å². The van der Waals surface area contributed by atoms with Crippen molar-refractivity contribution in [3.63, 3.8) is 0 Å². The van der Waals surface area contributed by atoms with E-state index in [1.807, 2.05) is 30.3 Å². The average molecular weight is 206 g/mol. The Balaban J connectivity index is 2.78. The van der Waals surface area contributed by atoms with Crippen molar-refractivity contribution >= 4 is 11.8 Å². The molecule has 0 spiro atoms. The number of benzene rings is 1. The van der Waals surface area contributed by atoms with Crippen LogP contribution in [-0.2, 0) is 4.74 Å². The van der Waals surface area contributed by atoms with Crippen LogP contribution >= 0.6 is 0 Å². The highest BCUT2D eigenvalue weighted by atomic mass is 16.6. The van der Waals surface area contributed by atoms with Gasteiger partial charge in [0, 0.05) is 12.2 Å². The molecule has 3 nitrogen and oxygen atoms in total. The van der Waals surface area contributed by atoms with Gasteiger partial charge in [-0.1, -0.05) is 25.1 Å². The van der Waals surface area contributed by atoms with Crippen LogP contribution < -0.4 is 4.90 Å². The zero-order chi connectivity index (χ0) is 11.1. The average Bonchev–Trinajstić information content (AvgIpc) is 2.27. The summed E-state index contributed by atoms with van der Waals surface area (Å²) in [6.07, 6.45) is 0.348. The maximum atomic E-state index is 11.6. The van der Waals surface area contributed by atoms with Crippen molar-refractivity contribution in [1.29, 1.82) is 0 Å². The van der Waals surface area contributed by atoms with Crippen LogP contribution in [0.1, 0.15) is 13.3 Å². The molecule has 0 aliphatic rings. The van der Waals surface area contributed by atoms with Crippen molar-refractivity contribution in [3.05, 3.63) is 37.3 Å². The van der Waals surface area contributed by atoms with E-state index in [9.17, 15) is 4.79 Å². The lowest BCUT2D eigenvalue weighted by Gasteiger charge is -2.21. The van der Waals surface area contributed by atoms with Gasteiger partial charge >= 0.3 is 6.09 Å². The van der Waals surface area contributed by atoms with Crippen LogP contribution in [0, 0.1) is 6.92 Å². The minimum absolute atomic E-state index is 0.313. The number of rotatable bonds is 4. The molecule has 0 unspecified atom stereocenters. The highest BCUT2D eigenvalue weighted by molar-refractivity contribution is 5.87. The fourth-order valence-electron chi connectivity index (χ4n) is 1.29. The third kappa shape index (κ3) is 3.27. The van der Waals surface area contributed by atoms with Gasteiger partial charge in [0.1, 0.15) is 0 Å². The van der Waals surface area contributed by atoms with Crippen LogP contribution in [0.4, 0.5) is 10.5 Å². The second-order valence-corrected chi connectivity index (χ2v) is 3.04. The van der Waals surface area contributed by atoms with E-state index in [1.54, 1.807) is 11.8 Å². The topological polar surface area (TPSA) is 29.5 Å². The molecular weight excluding hydrogens is 190 g/mol. The zero-order valence-corrected chi connectivity index (χ0v) is 8.98. The first-order chi connectivity index (χ1) is 7.29. The number of ether oxygens (including phenoxy) is 1. The quantitative estimate of drug-likeness (QED) is 0.758. The van der Waals surface area contributed by atoms with Gasteiger partial charge in [-0.15, -0.1) is 0 Å². The van der Waals surface area contributed by atoms with Gasteiger partial charge in [0.2, 0.25) is 0 Å².